The van der Waals surface area contributed by atoms with Gasteiger partial charge in [-0.15, -0.1) is 0 Å². The molecule has 16 heavy (non-hydrogen) atoms. The number of phosphoric acid groups is 1. The number of hydrogen-bond donors (Lipinski definition) is 0. The van der Waals surface area contributed by atoms with Crippen molar-refractivity contribution in [1.29, 1.82) is 0 Å². The summed E-state index contributed by atoms with van der Waals surface area (Å²) < 4.78 is 27.7. The lowest BCUT2D eigenvalue weighted by molar-refractivity contribution is 0.135. The molecule has 0 saturated heterocycles. The molecule has 94 valence electrons. The highest BCUT2D eigenvalue weighted by Crippen LogP contribution is 2.52. The summed E-state index contributed by atoms with van der Waals surface area (Å²) in [6.45, 7) is 6.24. The molecular formula is C11H21O4P. The van der Waals surface area contributed by atoms with E-state index in [4.69, 9.17) is 13.6 Å². The molecule has 0 aliphatic heterocycles. The van der Waals surface area contributed by atoms with Crippen LogP contribution in [-0.4, -0.2) is 13.2 Å². The Morgan fingerprint density at radius 1 is 1.38 bits per heavy atom. The van der Waals surface area contributed by atoms with Crippen molar-refractivity contribution in [1.82, 2.24) is 0 Å². The maximum absolute atomic E-state index is 12.1. The fraction of sp³-hybridized carbons (Fsp3) is 0.818. The largest absolute Gasteiger partial charge is 0.529 e. The van der Waals surface area contributed by atoms with Gasteiger partial charge in [-0.1, -0.05) is 6.92 Å². The third kappa shape index (κ3) is 3.93. The molecule has 1 rings (SSSR count). The smallest absolute Gasteiger partial charge is 0.409 e. The van der Waals surface area contributed by atoms with Gasteiger partial charge < -0.3 is 4.52 Å². The quantitative estimate of drug-likeness (QED) is 0.669. The second-order valence-corrected chi connectivity index (χ2v) is 5.41. The Hall–Kier alpha value is -0.310. The van der Waals surface area contributed by atoms with Crippen molar-refractivity contribution in [2.45, 2.75) is 40.0 Å². The van der Waals surface area contributed by atoms with E-state index < -0.39 is 7.82 Å². The van der Waals surface area contributed by atoms with Gasteiger partial charge in [0, 0.05) is 5.92 Å². The molecule has 0 bridgehead atoms. The van der Waals surface area contributed by atoms with Crippen molar-refractivity contribution in [3.8, 4) is 0 Å². The van der Waals surface area contributed by atoms with Crippen molar-refractivity contribution in [2.24, 2.45) is 5.92 Å². The van der Waals surface area contributed by atoms with Gasteiger partial charge >= 0.3 is 7.82 Å². The van der Waals surface area contributed by atoms with E-state index in [9.17, 15) is 4.57 Å². The summed E-state index contributed by atoms with van der Waals surface area (Å²) in [6.07, 6.45) is 5.17. The molecule has 0 aromatic carbocycles. The zero-order valence-corrected chi connectivity index (χ0v) is 11.2. The van der Waals surface area contributed by atoms with Crippen LogP contribution >= 0.6 is 7.82 Å². The van der Waals surface area contributed by atoms with E-state index in [-0.39, 0.29) is 0 Å². The molecular weight excluding hydrogens is 227 g/mol. The highest BCUT2D eigenvalue weighted by Gasteiger charge is 2.30. The predicted octanol–water partition coefficient (Wildman–Crippen LogP) is 3.89. The van der Waals surface area contributed by atoms with Crippen LogP contribution in [0.15, 0.2) is 11.8 Å². The van der Waals surface area contributed by atoms with E-state index >= 15 is 0 Å². The first-order chi connectivity index (χ1) is 7.61. The van der Waals surface area contributed by atoms with E-state index in [1.54, 1.807) is 13.8 Å². The van der Waals surface area contributed by atoms with Crippen LogP contribution in [0.4, 0.5) is 0 Å². The summed E-state index contributed by atoms with van der Waals surface area (Å²) in [7, 11) is -3.39. The summed E-state index contributed by atoms with van der Waals surface area (Å²) in [6, 6.07) is 0. The molecule has 0 amide bonds. The Labute approximate surface area is 97.6 Å². The van der Waals surface area contributed by atoms with E-state index in [1.807, 2.05) is 6.08 Å². The molecule has 0 fully saturated rings. The monoisotopic (exact) mass is 248 g/mol. The lowest BCUT2D eigenvalue weighted by Gasteiger charge is -2.24. The highest BCUT2D eigenvalue weighted by molar-refractivity contribution is 7.48. The molecule has 1 aliphatic rings. The fourth-order valence-electron chi connectivity index (χ4n) is 1.67. The number of hydrogen-bond acceptors (Lipinski definition) is 4. The highest BCUT2D eigenvalue weighted by atomic mass is 31.2. The molecule has 1 aliphatic carbocycles. The Kier molecular flexibility index (Phi) is 5.53. The fourth-order valence-corrected chi connectivity index (χ4v) is 3.00. The minimum absolute atomic E-state index is 0.294. The van der Waals surface area contributed by atoms with E-state index in [2.05, 4.69) is 6.92 Å². The van der Waals surface area contributed by atoms with Gasteiger partial charge in [0.1, 0.15) is 5.76 Å². The SMILES string of the molecule is CCOP(=O)(OCC)OC1=CCCCC1C. The number of rotatable bonds is 6. The van der Waals surface area contributed by atoms with Crippen LogP contribution in [0, 0.1) is 5.92 Å². The normalized spacial score (nSPS) is 21.7. The third-order valence-electron chi connectivity index (χ3n) is 2.46. The Balaban J connectivity index is 2.67. The number of phosphoric ester groups is 1. The minimum Gasteiger partial charge on any atom is -0.409 e. The average molecular weight is 248 g/mol. The van der Waals surface area contributed by atoms with Gasteiger partial charge in [-0.3, -0.25) is 9.05 Å². The maximum Gasteiger partial charge on any atom is 0.529 e. The van der Waals surface area contributed by atoms with Gasteiger partial charge in [0.15, 0.2) is 0 Å². The molecule has 1 atom stereocenters. The van der Waals surface area contributed by atoms with Crippen LogP contribution in [0.2, 0.25) is 0 Å². The zero-order chi connectivity index (χ0) is 12.0. The van der Waals surface area contributed by atoms with E-state index in [0.717, 1.165) is 25.0 Å². The Morgan fingerprint density at radius 2 is 2.00 bits per heavy atom. The van der Waals surface area contributed by atoms with Crippen molar-refractivity contribution >= 4 is 7.82 Å². The van der Waals surface area contributed by atoms with Crippen LogP contribution in [0.5, 0.6) is 0 Å². The van der Waals surface area contributed by atoms with Gasteiger partial charge in [0.25, 0.3) is 0 Å². The second kappa shape index (κ2) is 6.43. The van der Waals surface area contributed by atoms with E-state index in [0.29, 0.717) is 19.1 Å². The average Bonchev–Trinajstić information content (AvgIpc) is 2.22. The molecule has 0 aromatic rings. The van der Waals surface area contributed by atoms with Crippen LogP contribution in [0.25, 0.3) is 0 Å². The first-order valence-corrected chi connectivity index (χ1v) is 7.36. The molecule has 0 saturated carbocycles. The summed E-state index contributed by atoms with van der Waals surface area (Å²) >= 11 is 0. The second-order valence-electron chi connectivity index (χ2n) is 3.81. The molecule has 0 radical (unpaired) electrons. The number of allylic oxidation sites excluding steroid dienone is 2. The minimum atomic E-state index is -3.39. The molecule has 1 unspecified atom stereocenters. The Bertz CT molecular complexity index is 278. The molecule has 0 aromatic heterocycles. The van der Waals surface area contributed by atoms with Crippen molar-refractivity contribution < 1.29 is 18.1 Å². The lowest BCUT2D eigenvalue weighted by atomic mass is 9.96. The van der Waals surface area contributed by atoms with Crippen molar-refractivity contribution in [2.75, 3.05) is 13.2 Å². The predicted molar refractivity (Wildman–Crippen MR) is 63.0 cm³/mol. The van der Waals surface area contributed by atoms with Gasteiger partial charge in [0.05, 0.1) is 13.2 Å². The zero-order valence-electron chi connectivity index (χ0n) is 10.3. The molecule has 0 spiro atoms. The molecule has 4 nitrogen and oxygen atoms in total. The Morgan fingerprint density at radius 3 is 2.50 bits per heavy atom. The molecule has 0 N–H and O–H groups in total. The molecule has 0 heterocycles. The van der Waals surface area contributed by atoms with Crippen LogP contribution in [0.1, 0.15) is 40.0 Å². The van der Waals surface area contributed by atoms with Crippen LogP contribution in [-0.2, 0) is 18.1 Å². The summed E-state index contributed by atoms with van der Waals surface area (Å²) in [4.78, 5) is 0. The summed E-state index contributed by atoms with van der Waals surface area (Å²) in [5.74, 6) is 1.04. The third-order valence-corrected chi connectivity index (χ3v) is 4.05. The van der Waals surface area contributed by atoms with Crippen LogP contribution in [0.3, 0.4) is 0 Å². The first kappa shape index (κ1) is 13.8. The van der Waals surface area contributed by atoms with Crippen LogP contribution < -0.4 is 0 Å². The van der Waals surface area contributed by atoms with Gasteiger partial charge in [0.2, 0.25) is 0 Å². The lowest BCUT2D eigenvalue weighted by Crippen LogP contribution is -2.09. The van der Waals surface area contributed by atoms with Gasteiger partial charge in [-0.25, -0.2) is 4.57 Å². The molecule has 5 heteroatoms. The summed E-state index contributed by atoms with van der Waals surface area (Å²) in [5.41, 5.74) is 0. The van der Waals surface area contributed by atoms with Gasteiger partial charge in [-0.2, -0.15) is 0 Å². The topological polar surface area (TPSA) is 44.8 Å². The standard InChI is InChI=1S/C11H21O4P/c1-4-13-16(12,14-5-2)15-11-9-7-6-8-10(11)3/h9-10H,4-8H2,1-3H3. The van der Waals surface area contributed by atoms with Crippen molar-refractivity contribution in [3.05, 3.63) is 11.8 Å². The van der Waals surface area contributed by atoms with E-state index in [1.165, 1.54) is 0 Å². The first-order valence-electron chi connectivity index (χ1n) is 5.90. The van der Waals surface area contributed by atoms with Crippen molar-refractivity contribution in [3.63, 3.8) is 0 Å². The summed E-state index contributed by atoms with van der Waals surface area (Å²) in [5, 5.41) is 0. The van der Waals surface area contributed by atoms with Gasteiger partial charge in [-0.05, 0) is 39.2 Å². The maximum atomic E-state index is 12.1.